The first-order valence-corrected chi connectivity index (χ1v) is 9.47. The lowest BCUT2D eigenvalue weighted by atomic mass is 10.0. The highest BCUT2D eigenvalue weighted by molar-refractivity contribution is 7.89. The van der Waals surface area contributed by atoms with Crippen LogP contribution in [0.15, 0.2) is 39.8 Å². The van der Waals surface area contributed by atoms with E-state index < -0.39 is 10.0 Å². The average Bonchev–Trinajstić information content (AvgIpc) is 3.10. The van der Waals surface area contributed by atoms with E-state index in [1.807, 2.05) is 25.1 Å². The zero-order valence-electron chi connectivity index (χ0n) is 13.5. The van der Waals surface area contributed by atoms with E-state index in [0.717, 1.165) is 25.0 Å². The Kier molecular flexibility index (Phi) is 4.69. The quantitative estimate of drug-likeness (QED) is 0.850. The molecule has 0 amide bonds. The molecule has 1 saturated heterocycles. The number of aryl methyl sites for hydroxylation is 1. The van der Waals surface area contributed by atoms with Gasteiger partial charge < -0.3 is 4.42 Å². The van der Waals surface area contributed by atoms with E-state index in [2.05, 4.69) is 4.98 Å². The molecule has 7 heteroatoms. The van der Waals surface area contributed by atoms with Gasteiger partial charge in [0.05, 0.1) is 6.04 Å². The van der Waals surface area contributed by atoms with Crippen LogP contribution in [-0.4, -0.2) is 24.3 Å². The molecule has 1 aliphatic heterocycles. The second-order valence-electron chi connectivity index (χ2n) is 5.75. The molecule has 3 heterocycles. The molecule has 126 valence electrons. The van der Waals surface area contributed by atoms with Gasteiger partial charge in [-0.25, -0.2) is 13.4 Å². The summed E-state index contributed by atoms with van der Waals surface area (Å²) in [5.74, 6) is 1.50. The molecule has 0 aromatic carbocycles. The van der Waals surface area contributed by atoms with Gasteiger partial charge in [-0.05, 0) is 37.1 Å². The minimum Gasteiger partial charge on any atom is -0.464 e. The number of sulfonamides is 1. The number of aromatic nitrogens is 1. The molecular formula is C17H19N3O3S. The zero-order valence-corrected chi connectivity index (χ0v) is 14.3. The Morgan fingerprint density at radius 1 is 1.38 bits per heavy atom. The van der Waals surface area contributed by atoms with Crippen molar-refractivity contribution in [2.75, 3.05) is 6.54 Å². The van der Waals surface area contributed by atoms with E-state index in [0.29, 0.717) is 18.7 Å². The summed E-state index contributed by atoms with van der Waals surface area (Å²) in [5, 5.41) is 9.18. The summed E-state index contributed by atoms with van der Waals surface area (Å²) in [7, 11) is -3.81. The van der Waals surface area contributed by atoms with Crippen LogP contribution >= 0.6 is 0 Å². The summed E-state index contributed by atoms with van der Waals surface area (Å²) >= 11 is 0. The van der Waals surface area contributed by atoms with Crippen molar-refractivity contribution in [2.24, 2.45) is 0 Å². The van der Waals surface area contributed by atoms with E-state index in [-0.39, 0.29) is 16.6 Å². The summed E-state index contributed by atoms with van der Waals surface area (Å²) in [6, 6.07) is 8.25. The van der Waals surface area contributed by atoms with Gasteiger partial charge in [0.15, 0.2) is 5.69 Å². The third kappa shape index (κ3) is 2.95. The minimum atomic E-state index is -3.81. The van der Waals surface area contributed by atoms with Crippen molar-refractivity contribution in [3.8, 4) is 6.07 Å². The van der Waals surface area contributed by atoms with Gasteiger partial charge in [0.2, 0.25) is 10.0 Å². The maximum absolute atomic E-state index is 13.1. The molecule has 0 saturated carbocycles. The number of rotatable bonds is 4. The SMILES string of the molecule is CCc1ccc([C@@H]2CCCCN2S(=O)(=O)c2cccnc2C#N)o1. The Hall–Kier alpha value is -2.17. The van der Waals surface area contributed by atoms with Crippen molar-refractivity contribution < 1.29 is 12.8 Å². The normalized spacial score (nSPS) is 19.1. The summed E-state index contributed by atoms with van der Waals surface area (Å²) < 4.78 is 33.5. The fraction of sp³-hybridized carbons (Fsp3) is 0.412. The monoisotopic (exact) mass is 345 g/mol. The molecule has 1 atom stereocenters. The van der Waals surface area contributed by atoms with Crippen molar-refractivity contribution in [3.05, 3.63) is 47.7 Å². The Morgan fingerprint density at radius 3 is 2.92 bits per heavy atom. The summed E-state index contributed by atoms with van der Waals surface area (Å²) in [6.45, 7) is 2.40. The highest BCUT2D eigenvalue weighted by Gasteiger charge is 2.37. The van der Waals surface area contributed by atoms with Crippen LogP contribution in [0.5, 0.6) is 0 Å². The van der Waals surface area contributed by atoms with E-state index in [1.54, 1.807) is 0 Å². The largest absolute Gasteiger partial charge is 0.464 e. The van der Waals surface area contributed by atoms with Gasteiger partial charge in [0, 0.05) is 19.2 Å². The van der Waals surface area contributed by atoms with E-state index in [1.165, 1.54) is 22.6 Å². The predicted molar refractivity (Wildman–Crippen MR) is 87.5 cm³/mol. The molecule has 6 nitrogen and oxygen atoms in total. The molecule has 0 unspecified atom stereocenters. The third-order valence-corrected chi connectivity index (χ3v) is 6.22. The van der Waals surface area contributed by atoms with Gasteiger partial charge in [-0.15, -0.1) is 0 Å². The molecule has 1 fully saturated rings. The lowest BCUT2D eigenvalue weighted by molar-refractivity contribution is 0.223. The Morgan fingerprint density at radius 2 is 2.21 bits per heavy atom. The van der Waals surface area contributed by atoms with Crippen LogP contribution in [0, 0.1) is 11.3 Å². The lowest BCUT2D eigenvalue weighted by Gasteiger charge is -2.33. The third-order valence-electron chi connectivity index (χ3n) is 4.28. The predicted octanol–water partition coefficient (Wildman–Crippen LogP) is 3.02. The van der Waals surface area contributed by atoms with Crippen molar-refractivity contribution in [2.45, 2.75) is 43.5 Å². The molecule has 2 aromatic rings. The highest BCUT2D eigenvalue weighted by atomic mass is 32.2. The van der Waals surface area contributed by atoms with Crippen molar-refractivity contribution in [3.63, 3.8) is 0 Å². The maximum atomic E-state index is 13.1. The smallest absolute Gasteiger partial charge is 0.246 e. The standard InChI is InChI=1S/C17H19N3O3S/c1-2-13-8-9-16(23-13)15-6-3-4-11-20(15)24(21,22)17-7-5-10-19-14(17)12-18/h5,7-10,15H,2-4,6,11H2,1H3/t15-/m0/s1. The molecule has 0 radical (unpaired) electrons. The number of hydrogen-bond donors (Lipinski definition) is 0. The molecule has 1 aliphatic rings. The van der Waals surface area contributed by atoms with Crippen LogP contribution in [0.1, 0.15) is 49.4 Å². The highest BCUT2D eigenvalue weighted by Crippen LogP contribution is 2.36. The first-order chi connectivity index (χ1) is 11.6. The topological polar surface area (TPSA) is 87.2 Å². The first kappa shape index (κ1) is 16.7. The number of furan rings is 1. The van der Waals surface area contributed by atoms with Crippen molar-refractivity contribution in [1.82, 2.24) is 9.29 Å². The van der Waals surface area contributed by atoms with E-state index in [4.69, 9.17) is 4.42 Å². The van der Waals surface area contributed by atoms with Gasteiger partial charge >= 0.3 is 0 Å². The molecular weight excluding hydrogens is 326 g/mol. The van der Waals surface area contributed by atoms with Gasteiger partial charge in [-0.1, -0.05) is 13.3 Å². The summed E-state index contributed by atoms with van der Waals surface area (Å²) in [6.07, 6.45) is 4.63. The number of nitriles is 1. The van der Waals surface area contributed by atoms with E-state index >= 15 is 0 Å². The van der Waals surface area contributed by atoms with Gasteiger partial charge in [0.1, 0.15) is 22.5 Å². The second kappa shape index (κ2) is 6.75. The molecule has 0 N–H and O–H groups in total. The van der Waals surface area contributed by atoms with Crippen LogP contribution in [-0.2, 0) is 16.4 Å². The zero-order chi connectivity index (χ0) is 17.2. The van der Waals surface area contributed by atoms with Gasteiger partial charge in [0.25, 0.3) is 0 Å². The van der Waals surface area contributed by atoms with Crippen LogP contribution in [0.4, 0.5) is 0 Å². The Labute approximate surface area is 141 Å². The number of pyridine rings is 1. The van der Waals surface area contributed by atoms with Crippen LogP contribution in [0.3, 0.4) is 0 Å². The molecule has 24 heavy (non-hydrogen) atoms. The minimum absolute atomic E-state index is 0.0401. The molecule has 3 rings (SSSR count). The van der Waals surface area contributed by atoms with Gasteiger partial charge in [-0.3, -0.25) is 0 Å². The molecule has 0 spiro atoms. The van der Waals surface area contributed by atoms with Crippen molar-refractivity contribution >= 4 is 10.0 Å². The van der Waals surface area contributed by atoms with Crippen LogP contribution in [0.2, 0.25) is 0 Å². The lowest BCUT2D eigenvalue weighted by Crippen LogP contribution is -2.38. The Bertz CT molecular complexity index is 867. The molecule has 0 bridgehead atoms. The number of nitrogens with zero attached hydrogens (tertiary/aromatic N) is 3. The fourth-order valence-electron chi connectivity index (χ4n) is 3.05. The molecule has 2 aromatic heterocycles. The maximum Gasteiger partial charge on any atom is 0.246 e. The van der Waals surface area contributed by atoms with Crippen molar-refractivity contribution in [1.29, 1.82) is 5.26 Å². The first-order valence-electron chi connectivity index (χ1n) is 8.03. The summed E-state index contributed by atoms with van der Waals surface area (Å²) in [5.41, 5.74) is -0.0736. The number of hydrogen-bond acceptors (Lipinski definition) is 5. The van der Waals surface area contributed by atoms with Crippen LogP contribution in [0.25, 0.3) is 0 Å². The second-order valence-corrected chi connectivity index (χ2v) is 7.61. The number of piperidine rings is 1. The van der Waals surface area contributed by atoms with E-state index in [9.17, 15) is 13.7 Å². The van der Waals surface area contributed by atoms with Crippen LogP contribution < -0.4 is 0 Å². The fourth-order valence-corrected chi connectivity index (χ4v) is 4.81. The summed E-state index contributed by atoms with van der Waals surface area (Å²) in [4.78, 5) is 3.84. The molecule has 0 aliphatic carbocycles. The average molecular weight is 345 g/mol. The Balaban J connectivity index is 2.02. The van der Waals surface area contributed by atoms with Gasteiger partial charge in [-0.2, -0.15) is 9.57 Å².